The molecule has 98 valence electrons. The molecule has 1 fully saturated rings. The van der Waals surface area contributed by atoms with E-state index in [0.717, 1.165) is 18.4 Å². The monoisotopic (exact) mass is 266 g/mol. The van der Waals surface area contributed by atoms with Crippen LogP contribution in [0.5, 0.6) is 0 Å². The van der Waals surface area contributed by atoms with Gasteiger partial charge in [0.05, 0.1) is 5.41 Å². The number of amides is 1. The summed E-state index contributed by atoms with van der Waals surface area (Å²) in [6.45, 7) is 2.70. The SMILES string of the molecule is CNC(C)CNC(=O)C1(c2ccc(Cl)cc2)CC1. The van der Waals surface area contributed by atoms with E-state index in [0.29, 0.717) is 11.6 Å². The Kier molecular flexibility index (Phi) is 3.93. The third-order valence-corrected chi connectivity index (χ3v) is 3.90. The minimum Gasteiger partial charge on any atom is -0.354 e. The van der Waals surface area contributed by atoms with Crippen molar-refractivity contribution in [3.8, 4) is 0 Å². The van der Waals surface area contributed by atoms with Crippen LogP contribution in [0.2, 0.25) is 5.02 Å². The van der Waals surface area contributed by atoms with Crippen LogP contribution in [0, 0.1) is 0 Å². The molecule has 3 nitrogen and oxygen atoms in total. The van der Waals surface area contributed by atoms with Crippen molar-refractivity contribution in [2.24, 2.45) is 0 Å². The van der Waals surface area contributed by atoms with Crippen molar-refractivity contribution in [1.29, 1.82) is 0 Å². The van der Waals surface area contributed by atoms with Gasteiger partial charge < -0.3 is 10.6 Å². The Labute approximate surface area is 113 Å². The van der Waals surface area contributed by atoms with Crippen LogP contribution in [0.15, 0.2) is 24.3 Å². The number of carbonyl (C=O) groups is 1. The van der Waals surface area contributed by atoms with Crippen LogP contribution in [0.1, 0.15) is 25.3 Å². The molecule has 0 spiro atoms. The fourth-order valence-electron chi connectivity index (χ4n) is 2.06. The highest BCUT2D eigenvalue weighted by atomic mass is 35.5. The first kappa shape index (κ1) is 13.4. The van der Waals surface area contributed by atoms with Gasteiger partial charge in [0.1, 0.15) is 0 Å². The minimum atomic E-state index is -0.307. The first-order valence-corrected chi connectivity index (χ1v) is 6.68. The zero-order chi connectivity index (χ0) is 13.2. The van der Waals surface area contributed by atoms with Crippen molar-refractivity contribution < 1.29 is 4.79 Å². The second kappa shape index (κ2) is 5.29. The van der Waals surface area contributed by atoms with Crippen molar-refractivity contribution in [2.75, 3.05) is 13.6 Å². The van der Waals surface area contributed by atoms with Crippen LogP contribution in [0.3, 0.4) is 0 Å². The Morgan fingerprint density at radius 1 is 1.39 bits per heavy atom. The molecule has 1 unspecified atom stereocenters. The number of halogens is 1. The van der Waals surface area contributed by atoms with Gasteiger partial charge in [0.2, 0.25) is 5.91 Å². The van der Waals surface area contributed by atoms with Crippen molar-refractivity contribution in [1.82, 2.24) is 10.6 Å². The fraction of sp³-hybridized carbons (Fsp3) is 0.500. The number of likely N-dealkylation sites (N-methyl/N-ethyl adjacent to an activating group) is 1. The summed E-state index contributed by atoms with van der Waals surface area (Å²) in [6, 6.07) is 7.89. The Hall–Kier alpha value is -1.06. The van der Waals surface area contributed by atoms with E-state index in [1.54, 1.807) is 0 Å². The molecule has 1 aliphatic rings. The fourth-order valence-corrected chi connectivity index (χ4v) is 2.18. The summed E-state index contributed by atoms with van der Waals surface area (Å²) in [4.78, 5) is 12.3. The number of rotatable bonds is 5. The molecule has 0 bridgehead atoms. The molecule has 2 rings (SSSR count). The highest BCUT2D eigenvalue weighted by molar-refractivity contribution is 6.30. The number of nitrogens with one attached hydrogen (secondary N) is 2. The maximum absolute atomic E-state index is 12.3. The molecule has 1 saturated carbocycles. The zero-order valence-corrected chi connectivity index (χ0v) is 11.6. The van der Waals surface area contributed by atoms with E-state index < -0.39 is 0 Å². The predicted molar refractivity (Wildman–Crippen MR) is 73.9 cm³/mol. The van der Waals surface area contributed by atoms with E-state index in [1.807, 2.05) is 38.2 Å². The lowest BCUT2D eigenvalue weighted by atomic mass is 9.95. The average Bonchev–Trinajstić information content (AvgIpc) is 3.17. The van der Waals surface area contributed by atoms with Gasteiger partial charge >= 0.3 is 0 Å². The van der Waals surface area contributed by atoms with Crippen LogP contribution in [0.25, 0.3) is 0 Å². The van der Waals surface area contributed by atoms with E-state index in [1.165, 1.54) is 0 Å². The van der Waals surface area contributed by atoms with Gasteiger partial charge in [-0.25, -0.2) is 0 Å². The van der Waals surface area contributed by atoms with Crippen molar-refractivity contribution in [2.45, 2.75) is 31.2 Å². The molecule has 4 heteroatoms. The van der Waals surface area contributed by atoms with Gasteiger partial charge in [0.25, 0.3) is 0 Å². The zero-order valence-electron chi connectivity index (χ0n) is 10.8. The van der Waals surface area contributed by atoms with Gasteiger partial charge in [-0.3, -0.25) is 4.79 Å². The van der Waals surface area contributed by atoms with Gasteiger partial charge in [-0.15, -0.1) is 0 Å². The molecule has 0 heterocycles. The number of carbonyl (C=O) groups excluding carboxylic acids is 1. The van der Waals surface area contributed by atoms with Gasteiger partial charge in [-0.1, -0.05) is 23.7 Å². The van der Waals surface area contributed by atoms with E-state index in [4.69, 9.17) is 11.6 Å². The van der Waals surface area contributed by atoms with Gasteiger partial charge in [-0.05, 0) is 44.5 Å². The molecule has 1 aliphatic carbocycles. The molecule has 2 N–H and O–H groups in total. The summed E-state index contributed by atoms with van der Waals surface area (Å²) in [7, 11) is 1.89. The molecule has 18 heavy (non-hydrogen) atoms. The molecule has 1 aromatic rings. The third kappa shape index (κ3) is 2.68. The van der Waals surface area contributed by atoms with Crippen molar-refractivity contribution in [3.05, 3.63) is 34.9 Å². The average molecular weight is 267 g/mol. The van der Waals surface area contributed by atoms with E-state index in [9.17, 15) is 4.79 Å². The third-order valence-electron chi connectivity index (χ3n) is 3.64. The van der Waals surface area contributed by atoms with Crippen LogP contribution < -0.4 is 10.6 Å². The van der Waals surface area contributed by atoms with E-state index in [-0.39, 0.29) is 17.4 Å². The van der Waals surface area contributed by atoms with Crippen LogP contribution in [0.4, 0.5) is 0 Å². The van der Waals surface area contributed by atoms with Crippen LogP contribution in [-0.2, 0) is 10.2 Å². The lowest BCUT2D eigenvalue weighted by Crippen LogP contribution is -2.41. The normalized spacial score (nSPS) is 18.2. The molecule has 1 amide bonds. The minimum absolute atomic E-state index is 0.131. The van der Waals surface area contributed by atoms with Crippen LogP contribution >= 0.6 is 11.6 Å². The maximum Gasteiger partial charge on any atom is 0.230 e. The molecule has 0 aliphatic heterocycles. The molecule has 1 atom stereocenters. The quantitative estimate of drug-likeness (QED) is 0.857. The maximum atomic E-state index is 12.3. The first-order valence-electron chi connectivity index (χ1n) is 6.30. The summed E-state index contributed by atoms with van der Waals surface area (Å²) in [5.74, 6) is 0.131. The van der Waals surface area contributed by atoms with E-state index in [2.05, 4.69) is 10.6 Å². The largest absolute Gasteiger partial charge is 0.354 e. The Balaban J connectivity index is 2.03. The molecule has 1 aromatic carbocycles. The standard InChI is InChI=1S/C14H19ClN2O/c1-10(16-2)9-17-13(18)14(7-8-14)11-3-5-12(15)6-4-11/h3-6,10,16H,7-9H2,1-2H3,(H,17,18). The number of hydrogen-bond donors (Lipinski definition) is 2. The lowest BCUT2D eigenvalue weighted by Gasteiger charge is -2.18. The molecule has 0 saturated heterocycles. The Morgan fingerprint density at radius 2 is 2.00 bits per heavy atom. The van der Waals surface area contributed by atoms with Crippen molar-refractivity contribution >= 4 is 17.5 Å². The molecular weight excluding hydrogens is 248 g/mol. The summed E-state index contributed by atoms with van der Waals surface area (Å²) >= 11 is 5.87. The Bertz CT molecular complexity index is 426. The molecule has 0 aromatic heterocycles. The summed E-state index contributed by atoms with van der Waals surface area (Å²) in [5, 5.41) is 6.83. The summed E-state index contributed by atoms with van der Waals surface area (Å²) in [5.41, 5.74) is 0.763. The second-order valence-electron chi connectivity index (χ2n) is 4.99. The number of benzene rings is 1. The van der Waals surface area contributed by atoms with E-state index >= 15 is 0 Å². The van der Waals surface area contributed by atoms with Gasteiger partial charge in [0, 0.05) is 17.6 Å². The van der Waals surface area contributed by atoms with Gasteiger partial charge in [-0.2, -0.15) is 0 Å². The summed E-state index contributed by atoms with van der Waals surface area (Å²) in [6.07, 6.45) is 1.85. The number of hydrogen-bond acceptors (Lipinski definition) is 2. The summed E-state index contributed by atoms with van der Waals surface area (Å²) < 4.78 is 0. The Morgan fingerprint density at radius 3 is 2.50 bits per heavy atom. The van der Waals surface area contributed by atoms with Crippen LogP contribution in [-0.4, -0.2) is 25.5 Å². The first-order chi connectivity index (χ1) is 8.58. The predicted octanol–water partition coefficient (Wildman–Crippen LogP) is 2.10. The highest BCUT2D eigenvalue weighted by Gasteiger charge is 2.51. The molecule has 0 radical (unpaired) electrons. The second-order valence-corrected chi connectivity index (χ2v) is 5.43. The lowest BCUT2D eigenvalue weighted by molar-refractivity contribution is -0.123. The topological polar surface area (TPSA) is 41.1 Å². The smallest absolute Gasteiger partial charge is 0.230 e. The van der Waals surface area contributed by atoms with Gasteiger partial charge in [0.15, 0.2) is 0 Å². The highest BCUT2D eigenvalue weighted by Crippen LogP contribution is 2.48. The molecular formula is C14H19ClN2O. The van der Waals surface area contributed by atoms with Crippen molar-refractivity contribution in [3.63, 3.8) is 0 Å².